The lowest BCUT2D eigenvalue weighted by molar-refractivity contribution is 0.0995. The Balaban J connectivity index is 2.30. The molecule has 0 aliphatic carbocycles. The largest absolute Gasteiger partial charge is 0.364 e. The maximum atomic E-state index is 10.9. The van der Waals surface area contributed by atoms with Gasteiger partial charge in [0.1, 0.15) is 5.69 Å². The van der Waals surface area contributed by atoms with E-state index in [2.05, 4.69) is 15.5 Å². The zero-order valence-corrected chi connectivity index (χ0v) is 8.95. The molecule has 3 N–H and O–H groups in total. The molecule has 0 unspecified atom stereocenters. The molecule has 0 aromatic carbocycles. The Morgan fingerprint density at radius 3 is 3.00 bits per heavy atom. The first-order valence-corrected chi connectivity index (χ1v) is 5.41. The van der Waals surface area contributed by atoms with E-state index in [4.69, 9.17) is 5.73 Å². The van der Waals surface area contributed by atoms with E-state index in [1.54, 1.807) is 12.1 Å². The fourth-order valence-corrected chi connectivity index (χ4v) is 1.81. The quantitative estimate of drug-likeness (QED) is 0.773. The van der Waals surface area contributed by atoms with Gasteiger partial charge in [0, 0.05) is 17.5 Å². The van der Waals surface area contributed by atoms with Crippen LogP contribution in [0.3, 0.4) is 0 Å². The van der Waals surface area contributed by atoms with Gasteiger partial charge in [-0.2, -0.15) is 5.10 Å². The number of nitrogens with zero attached hydrogens (tertiary/aromatic N) is 2. The number of hydrogen-bond acceptors (Lipinski definition) is 5. The highest BCUT2D eigenvalue weighted by Gasteiger charge is 2.15. The molecular formula is C9H8N4O2S. The first kappa shape index (κ1) is 10.6. The van der Waals surface area contributed by atoms with E-state index >= 15 is 0 Å². The fourth-order valence-electron chi connectivity index (χ4n) is 1.20. The Morgan fingerprint density at radius 2 is 2.38 bits per heavy atom. The minimum absolute atomic E-state index is 0.183. The van der Waals surface area contributed by atoms with E-state index in [1.165, 1.54) is 6.20 Å². The van der Waals surface area contributed by atoms with Crippen molar-refractivity contribution in [3.63, 3.8) is 0 Å². The number of carbonyl (C=O) groups excluding carboxylic acids is 2. The lowest BCUT2D eigenvalue weighted by Crippen LogP contribution is -2.24. The summed E-state index contributed by atoms with van der Waals surface area (Å²) in [5.41, 5.74) is 9.08. The molecule has 1 aliphatic rings. The number of thioether (sulfide) groups is 1. The summed E-state index contributed by atoms with van der Waals surface area (Å²) in [5.74, 6) is -0.122. The van der Waals surface area contributed by atoms with Gasteiger partial charge < -0.3 is 5.73 Å². The van der Waals surface area contributed by atoms with E-state index in [1.807, 2.05) is 0 Å². The van der Waals surface area contributed by atoms with Gasteiger partial charge >= 0.3 is 0 Å². The molecule has 7 heteroatoms. The molecule has 0 spiro atoms. The maximum Gasteiger partial charge on any atom is 0.299 e. The zero-order valence-electron chi connectivity index (χ0n) is 8.14. The van der Waals surface area contributed by atoms with Crippen LogP contribution in [0.1, 0.15) is 16.1 Å². The molecule has 0 fully saturated rings. The average molecular weight is 236 g/mol. The highest BCUT2D eigenvalue weighted by Crippen LogP contribution is 2.13. The summed E-state index contributed by atoms with van der Waals surface area (Å²) in [5, 5.41) is 3.71. The van der Waals surface area contributed by atoms with Crippen molar-refractivity contribution >= 4 is 28.6 Å². The number of nitrogens with two attached hydrogens (primary N) is 1. The Kier molecular flexibility index (Phi) is 2.86. The molecule has 0 saturated heterocycles. The van der Waals surface area contributed by atoms with Crippen LogP contribution >= 0.6 is 11.8 Å². The Hall–Kier alpha value is -1.89. The molecule has 0 saturated carbocycles. The number of amides is 2. The van der Waals surface area contributed by atoms with E-state index < -0.39 is 5.91 Å². The molecule has 6 nitrogen and oxygen atoms in total. The minimum atomic E-state index is -0.588. The third kappa shape index (κ3) is 2.19. The first-order valence-electron chi connectivity index (χ1n) is 4.42. The molecule has 0 radical (unpaired) electrons. The van der Waals surface area contributed by atoms with Gasteiger partial charge in [-0.15, -0.1) is 0 Å². The number of aromatic nitrogens is 1. The second-order valence-corrected chi connectivity index (χ2v) is 3.99. The fraction of sp³-hybridized carbons (Fsp3) is 0.111. The van der Waals surface area contributed by atoms with Crippen molar-refractivity contribution in [2.75, 3.05) is 5.75 Å². The highest BCUT2D eigenvalue weighted by molar-refractivity contribution is 8.14. The van der Waals surface area contributed by atoms with Gasteiger partial charge in [-0.3, -0.25) is 14.6 Å². The van der Waals surface area contributed by atoms with Gasteiger partial charge in [0.2, 0.25) is 0 Å². The SMILES string of the molecule is NC(=O)c1cc(C2=NNC(=O)SC2)ccn1. The van der Waals surface area contributed by atoms with E-state index in [-0.39, 0.29) is 10.9 Å². The van der Waals surface area contributed by atoms with Crippen molar-refractivity contribution in [1.29, 1.82) is 0 Å². The minimum Gasteiger partial charge on any atom is -0.364 e. The summed E-state index contributed by atoms with van der Waals surface area (Å²) in [6.07, 6.45) is 1.49. The Labute approximate surface area is 95.3 Å². The molecule has 2 amide bonds. The molecule has 16 heavy (non-hydrogen) atoms. The van der Waals surface area contributed by atoms with Crippen molar-refractivity contribution in [3.8, 4) is 0 Å². The topological polar surface area (TPSA) is 97.4 Å². The monoisotopic (exact) mass is 236 g/mol. The van der Waals surface area contributed by atoms with Crippen molar-refractivity contribution in [2.45, 2.75) is 0 Å². The standard InChI is InChI=1S/C9H8N4O2S/c10-8(14)6-3-5(1-2-11-6)7-4-16-9(15)13-12-7/h1-3H,4H2,(H2,10,14)(H,13,15). The van der Waals surface area contributed by atoms with Gasteiger partial charge in [0.05, 0.1) is 5.71 Å². The lowest BCUT2D eigenvalue weighted by atomic mass is 10.1. The lowest BCUT2D eigenvalue weighted by Gasteiger charge is -2.11. The number of nitrogens with one attached hydrogen (secondary N) is 1. The molecule has 2 heterocycles. The molecule has 0 bridgehead atoms. The normalized spacial score (nSPS) is 15.2. The van der Waals surface area contributed by atoms with E-state index in [0.717, 1.165) is 17.3 Å². The first-order chi connectivity index (χ1) is 7.66. The van der Waals surface area contributed by atoms with Crippen LogP contribution in [-0.2, 0) is 0 Å². The van der Waals surface area contributed by atoms with E-state index in [0.29, 0.717) is 11.5 Å². The van der Waals surface area contributed by atoms with Gasteiger partial charge in [-0.25, -0.2) is 5.43 Å². The summed E-state index contributed by atoms with van der Waals surface area (Å²) in [7, 11) is 0. The van der Waals surface area contributed by atoms with E-state index in [9.17, 15) is 9.59 Å². The predicted molar refractivity (Wildman–Crippen MR) is 60.3 cm³/mol. The summed E-state index contributed by atoms with van der Waals surface area (Å²) in [6.45, 7) is 0. The number of hydrogen-bond donors (Lipinski definition) is 2. The summed E-state index contributed by atoms with van der Waals surface area (Å²) >= 11 is 1.12. The number of pyridine rings is 1. The van der Waals surface area contributed by atoms with Crippen LogP contribution in [-0.4, -0.2) is 27.6 Å². The van der Waals surface area contributed by atoms with Crippen molar-refractivity contribution in [3.05, 3.63) is 29.6 Å². The summed E-state index contributed by atoms with van der Waals surface area (Å²) < 4.78 is 0. The number of carbonyl (C=O) groups is 2. The van der Waals surface area contributed by atoms with Crippen LogP contribution < -0.4 is 11.2 Å². The third-order valence-electron chi connectivity index (χ3n) is 1.97. The summed E-state index contributed by atoms with van der Waals surface area (Å²) in [6, 6.07) is 3.27. The number of primary amides is 1. The highest BCUT2D eigenvalue weighted by atomic mass is 32.2. The number of rotatable bonds is 2. The smallest absolute Gasteiger partial charge is 0.299 e. The van der Waals surface area contributed by atoms with Crippen LogP contribution in [0.5, 0.6) is 0 Å². The molecular weight excluding hydrogens is 228 g/mol. The molecule has 0 atom stereocenters. The Bertz CT molecular complexity index is 486. The molecule has 1 aromatic heterocycles. The molecule has 1 aromatic rings. The van der Waals surface area contributed by atoms with Crippen molar-refractivity contribution < 1.29 is 9.59 Å². The number of hydrazone groups is 1. The molecule has 82 valence electrons. The zero-order chi connectivity index (χ0) is 11.5. The Morgan fingerprint density at radius 1 is 1.56 bits per heavy atom. The molecule has 1 aliphatic heterocycles. The van der Waals surface area contributed by atoms with Crippen LogP contribution in [0.25, 0.3) is 0 Å². The van der Waals surface area contributed by atoms with Gasteiger partial charge in [-0.05, 0) is 12.1 Å². The van der Waals surface area contributed by atoms with Gasteiger partial charge in [0.15, 0.2) is 0 Å². The van der Waals surface area contributed by atoms with Crippen molar-refractivity contribution in [2.24, 2.45) is 10.8 Å². The van der Waals surface area contributed by atoms with Gasteiger partial charge in [-0.1, -0.05) is 11.8 Å². The second-order valence-electron chi connectivity index (χ2n) is 3.04. The average Bonchev–Trinajstić information content (AvgIpc) is 2.30. The van der Waals surface area contributed by atoms with Crippen molar-refractivity contribution in [1.82, 2.24) is 10.4 Å². The predicted octanol–water partition coefficient (Wildman–Crippen LogP) is 0.341. The van der Waals surface area contributed by atoms with Crippen LogP contribution in [0.2, 0.25) is 0 Å². The second kappa shape index (κ2) is 4.31. The molecule has 2 rings (SSSR count). The van der Waals surface area contributed by atoms with Crippen LogP contribution in [0, 0.1) is 0 Å². The summed E-state index contributed by atoms with van der Waals surface area (Å²) in [4.78, 5) is 25.6. The van der Waals surface area contributed by atoms with Gasteiger partial charge in [0.25, 0.3) is 11.1 Å². The third-order valence-corrected chi connectivity index (χ3v) is 2.74. The van der Waals surface area contributed by atoms with Crippen LogP contribution in [0.4, 0.5) is 4.79 Å². The maximum absolute atomic E-state index is 10.9. The van der Waals surface area contributed by atoms with Crippen LogP contribution in [0.15, 0.2) is 23.4 Å².